The minimum Gasteiger partial charge on any atom is -0.279 e. The second kappa shape index (κ2) is 5.82. The van der Waals surface area contributed by atoms with Crippen molar-refractivity contribution in [2.24, 2.45) is 0 Å². The van der Waals surface area contributed by atoms with Gasteiger partial charge in [-0.2, -0.15) is 0 Å². The molecule has 0 radical (unpaired) electrons. The molecule has 3 nitrogen and oxygen atoms in total. The Hall–Kier alpha value is -0.930. The normalized spacial score (nSPS) is 11.4. The van der Waals surface area contributed by atoms with Crippen LogP contribution in [0, 0.1) is 15.2 Å². The highest BCUT2D eigenvalue weighted by Gasteiger charge is 2.20. The number of sulfonamides is 1. The molecular formula is C12H7ClF2INO2S. The molecule has 2 aromatic carbocycles. The van der Waals surface area contributed by atoms with Crippen molar-refractivity contribution in [3.05, 3.63) is 56.6 Å². The first-order chi connectivity index (χ1) is 9.29. The van der Waals surface area contributed by atoms with Crippen LogP contribution in [0.5, 0.6) is 0 Å². The summed E-state index contributed by atoms with van der Waals surface area (Å²) in [5, 5.41) is -0.101. The van der Waals surface area contributed by atoms with E-state index in [1.807, 2.05) is 0 Å². The Bertz CT molecular complexity index is 768. The molecule has 0 aliphatic rings. The lowest BCUT2D eigenvalue weighted by molar-refractivity contribution is 0.595. The maximum atomic E-state index is 13.1. The van der Waals surface area contributed by atoms with Gasteiger partial charge in [-0.1, -0.05) is 11.6 Å². The zero-order chi connectivity index (χ0) is 14.9. The van der Waals surface area contributed by atoms with Gasteiger partial charge < -0.3 is 0 Å². The fourth-order valence-electron chi connectivity index (χ4n) is 1.46. The summed E-state index contributed by atoms with van der Waals surface area (Å²) in [6, 6.07) is 6.60. The van der Waals surface area contributed by atoms with Crippen molar-refractivity contribution in [3.63, 3.8) is 0 Å². The van der Waals surface area contributed by atoms with E-state index in [2.05, 4.69) is 4.72 Å². The molecule has 0 atom stereocenters. The Morgan fingerprint density at radius 1 is 1.05 bits per heavy atom. The number of nitrogens with one attached hydrogen (secondary N) is 1. The first-order valence-electron chi connectivity index (χ1n) is 5.22. The van der Waals surface area contributed by atoms with Crippen LogP contribution in [0.15, 0.2) is 41.3 Å². The topological polar surface area (TPSA) is 46.2 Å². The van der Waals surface area contributed by atoms with E-state index >= 15 is 0 Å². The average molecular weight is 430 g/mol. The number of anilines is 1. The zero-order valence-corrected chi connectivity index (χ0v) is 13.4. The average Bonchev–Trinajstić information content (AvgIpc) is 2.35. The summed E-state index contributed by atoms with van der Waals surface area (Å²) < 4.78 is 53.0. The fourth-order valence-corrected chi connectivity index (χ4v) is 3.84. The van der Waals surface area contributed by atoms with Crippen LogP contribution >= 0.6 is 34.2 Å². The van der Waals surface area contributed by atoms with Gasteiger partial charge in [0, 0.05) is 3.57 Å². The second-order valence-corrected chi connectivity index (χ2v) is 7.02. The Morgan fingerprint density at radius 3 is 2.30 bits per heavy atom. The molecule has 2 rings (SSSR count). The Balaban J connectivity index is 2.43. The predicted molar refractivity (Wildman–Crippen MR) is 81.3 cm³/mol. The van der Waals surface area contributed by atoms with Crippen molar-refractivity contribution in [1.82, 2.24) is 0 Å². The fraction of sp³-hybridized carbons (Fsp3) is 0. The summed E-state index contributed by atoms with van der Waals surface area (Å²) >= 11 is 7.55. The first kappa shape index (κ1) is 15.5. The van der Waals surface area contributed by atoms with Crippen molar-refractivity contribution in [2.75, 3.05) is 4.72 Å². The van der Waals surface area contributed by atoms with Gasteiger partial charge in [-0.05, 0) is 59.0 Å². The van der Waals surface area contributed by atoms with Crippen molar-refractivity contribution in [3.8, 4) is 0 Å². The predicted octanol–water partition coefficient (Wildman–Crippen LogP) is 4.02. The maximum Gasteiger partial charge on any atom is 0.263 e. The number of benzene rings is 2. The lowest BCUT2D eigenvalue weighted by Crippen LogP contribution is -2.14. The van der Waals surface area contributed by atoms with E-state index in [4.69, 9.17) is 11.6 Å². The molecule has 20 heavy (non-hydrogen) atoms. The van der Waals surface area contributed by atoms with Gasteiger partial charge >= 0.3 is 0 Å². The second-order valence-electron chi connectivity index (χ2n) is 3.80. The molecule has 0 aliphatic heterocycles. The van der Waals surface area contributed by atoms with E-state index in [-0.39, 0.29) is 15.6 Å². The maximum absolute atomic E-state index is 13.1. The van der Waals surface area contributed by atoms with Gasteiger partial charge in [-0.15, -0.1) is 0 Å². The van der Waals surface area contributed by atoms with Gasteiger partial charge in [0.25, 0.3) is 10.0 Å². The summed E-state index contributed by atoms with van der Waals surface area (Å²) in [6.45, 7) is 0. The van der Waals surface area contributed by atoms with E-state index in [1.165, 1.54) is 12.1 Å². The molecule has 0 spiro atoms. The van der Waals surface area contributed by atoms with E-state index in [0.29, 0.717) is 3.57 Å². The third-order valence-electron chi connectivity index (χ3n) is 2.36. The number of hydrogen-bond acceptors (Lipinski definition) is 2. The van der Waals surface area contributed by atoms with Gasteiger partial charge in [0.2, 0.25) is 0 Å². The first-order valence-corrected chi connectivity index (χ1v) is 8.16. The molecule has 0 saturated heterocycles. The molecular weight excluding hydrogens is 423 g/mol. The SMILES string of the molecule is O=S(=O)(Nc1ccc(F)cc1I)c1cc(F)ccc1Cl. The monoisotopic (exact) mass is 429 g/mol. The van der Waals surface area contributed by atoms with Crippen LogP contribution in [0.25, 0.3) is 0 Å². The molecule has 0 fully saturated rings. The number of hydrogen-bond donors (Lipinski definition) is 1. The largest absolute Gasteiger partial charge is 0.279 e. The van der Waals surface area contributed by atoms with E-state index in [9.17, 15) is 17.2 Å². The Kier molecular flexibility index (Phi) is 4.50. The highest BCUT2D eigenvalue weighted by molar-refractivity contribution is 14.1. The molecule has 1 N–H and O–H groups in total. The number of halogens is 4. The molecule has 0 bridgehead atoms. The van der Waals surface area contributed by atoms with Crippen molar-refractivity contribution >= 4 is 49.9 Å². The third-order valence-corrected chi connectivity index (χ3v) is 5.10. The van der Waals surface area contributed by atoms with E-state index < -0.39 is 21.7 Å². The molecule has 0 heterocycles. The lowest BCUT2D eigenvalue weighted by atomic mass is 10.3. The van der Waals surface area contributed by atoms with Crippen molar-refractivity contribution in [1.29, 1.82) is 0 Å². The Morgan fingerprint density at radius 2 is 1.65 bits per heavy atom. The molecule has 0 saturated carbocycles. The van der Waals surface area contributed by atoms with Crippen LogP contribution in [-0.2, 0) is 10.0 Å². The molecule has 106 valence electrons. The van der Waals surface area contributed by atoms with Crippen LogP contribution in [0.3, 0.4) is 0 Å². The molecule has 0 unspecified atom stereocenters. The summed E-state index contributed by atoms with van der Waals surface area (Å²) in [4.78, 5) is -0.376. The van der Waals surface area contributed by atoms with Crippen LogP contribution in [-0.4, -0.2) is 8.42 Å². The number of rotatable bonds is 3. The quantitative estimate of drug-likeness (QED) is 0.749. The Labute approximate surface area is 133 Å². The van der Waals surface area contributed by atoms with Crippen molar-refractivity contribution in [2.45, 2.75) is 4.90 Å². The van der Waals surface area contributed by atoms with Crippen LogP contribution in [0.1, 0.15) is 0 Å². The summed E-state index contributed by atoms with van der Waals surface area (Å²) in [5.41, 5.74) is 0.187. The van der Waals surface area contributed by atoms with E-state index in [0.717, 1.165) is 24.3 Å². The molecule has 2 aromatic rings. The van der Waals surface area contributed by atoms with Crippen molar-refractivity contribution < 1.29 is 17.2 Å². The van der Waals surface area contributed by atoms with Gasteiger partial charge in [0.05, 0.1) is 10.7 Å². The lowest BCUT2D eigenvalue weighted by Gasteiger charge is -2.11. The molecule has 0 amide bonds. The smallest absolute Gasteiger partial charge is 0.263 e. The van der Waals surface area contributed by atoms with Gasteiger partial charge in [0.1, 0.15) is 16.5 Å². The van der Waals surface area contributed by atoms with Gasteiger partial charge in [0.15, 0.2) is 0 Å². The van der Waals surface area contributed by atoms with Crippen LogP contribution in [0.2, 0.25) is 5.02 Å². The summed E-state index contributed by atoms with van der Waals surface area (Å²) in [7, 11) is -4.05. The van der Waals surface area contributed by atoms with Crippen LogP contribution < -0.4 is 4.72 Å². The summed E-state index contributed by atoms with van der Waals surface area (Å²) in [6.07, 6.45) is 0. The van der Waals surface area contributed by atoms with Gasteiger partial charge in [-0.3, -0.25) is 4.72 Å². The minimum atomic E-state index is -4.05. The zero-order valence-electron chi connectivity index (χ0n) is 9.70. The van der Waals surface area contributed by atoms with Gasteiger partial charge in [-0.25, -0.2) is 17.2 Å². The van der Waals surface area contributed by atoms with E-state index in [1.54, 1.807) is 22.6 Å². The molecule has 8 heteroatoms. The standard InChI is InChI=1S/C12H7ClF2INO2S/c13-9-3-1-8(15)6-12(9)20(18,19)17-11-4-2-7(14)5-10(11)16/h1-6,17H. The molecule has 0 aromatic heterocycles. The molecule has 0 aliphatic carbocycles. The highest BCUT2D eigenvalue weighted by atomic mass is 127. The third kappa shape index (κ3) is 3.39. The van der Waals surface area contributed by atoms with Crippen LogP contribution in [0.4, 0.5) is 14.5 Å². The summed E-state index contributed by atoms with van der Waals surface area (Å²) in [5.74, 6) is -1.20. The minimum absolute atomic E-state index is 0.101. The highest BCUT2D eigenvalue weighted by Crippen LogP contribution is 2.26.